The minimum absolute atomic E-state index is 0.0697. The fourth-order valence-electron chi connectivity index (χ4n) is 4.38. The van der Waals surface area contributed by atoms with Gasteiger partial charge in [0.1, 0.15) is 0 Å². The molecule has 130 valence electrons. The zero-order valence-electron chi connectivity index (χ0n) is 15.2. The predicted octanol–water partition coefficient (Wildman–Crippen LogP) is 5.50. The molecular formula is C21H35NO. The first kappa shape index (κ1) is 18.3. The molecule has 2 aliphatic carbocycles. The van der Waals surface area contributed by atoms with E-state index in [0.29, 0.717) is 6.04 Å². The van der Waals surface area contributed by atoms with Gasteiger partial charge in [0.05, 0.1) is 0 Å². The molecule has 0 N–H and O–H groups in total. The van der Waals surface area contributed by atoms with Gasteiger partial charge < -0.3 is 4.90 Å². The van der Waals surface area contributed by atoms with E-state index in [9.17, 15) is 4.79 Å². The van der Waals surface area contributed by atoms with Gasteiger partial charge in [0, 0.05) is 13.1 Å². The first-order valence-corrected chi connectivity index (χ1v) is 9.73. The van der Waals surface area contributed by atoms with Gasteiger partial charge in [-0.2, -0.15) is 0 Å². The highest BCUT2D eigenvalue weighted by atomic mass is 16.2. The predicted molar refractivity (Wildman–Crippen MR) is 98.3 cm³/mol. The van der Waals surface area contributed by atoms with Crippen molar-refractivity contribution in [2.75, 3.05) is 7.05 Å². The molecule has 2 nitrogen and oxygen atoms in total. The smallest absolute Gasteiger partial charge is 0.245 e. The second kappa shape index (κ2) is 9.30. The Balaban J connectivity index is 1.75. The van der Waals surface area contributed by atoms with Gasteiger partial charge in [-0.1, -0.05) is 50.8 Å². The minimum Gasteiger partial charge on any atom is -0.339 e. The van der Waals surface area contributed by atoms with Crippen LogP contribution in [0, 0.1) is 11.8 Å². The van der Waals surface area contributed by atoms with Crippen molar-refractivity contribution in [1.29, 1.82) is 0 Å². The summed E-state index contributed by atoms with van der Waals surface area (Å²) in [6.45, 7) is 5.89. The second-order valence-corrected chi connectivity index (χ2v) is 7.57. The van der Waals surface area contributed by atoms with Crippen molar-refractivity contribution in [1.82, 2.24) is 4.90 Å². The van der Waals surface area contributed by atoms with Crippen molar-refractivity contribution < 1.29 is 4.79 Å². The Morgan fingerprint density at radius 3 is 2.57 bits per heavy atom. The molecule has 0 aromatic carbocycles. The Hall–Kier alpha value is -1.05. The van der Waals surface area contributed by atoms with Crippen LogP contribution in [0.15, 0.2) is 24.3 Å². The summed E-state index contributed by atoms with van der Waals surface area (Å²) in [5, 5.41) is 0. The molecule has 1 atom stereocenters. The van der Waals surface area contributed by atoms with E-state index in [1.54, 1.807) is 5.57 Å². The first-order chi connectivity index (χ1) is 11.2. The number of carbonyl (C=O) groups is 1. The normalized spacial score (nSPS) is 28.1. The highest BCUT2D eigenvalue weighted by Crippen LogP contribution is 2.38. The van der Waals surface area contributed by atoms with Crippen LogP contribution in [0.1, 0.15) is 77.6 Å². The molecule has 23 heavy (non-hydrogen) atoms. The number of hydrogen-bond acceptors (Lipinski definition) is 1. The third-order valence-electron chi connectivity index (χ3n) is 6.06. The van der Waals surface area contributed by atoms with Crippen LogP contribution < -0.4 is 0 Å². The van der Waals surface area contributed by atoms with Crippen LogP contribution in [0.3, 0.4) is 0 Å². The van der Waals surface area contributed by atoms with Gasteiger partial charge in [-0.05, 0) is 62.9 Å². The maximum absolute atomic E-state index is 11.7. The number of nitrogens with zero attached hydrogens (tertiary/aromatic N) is 1. The van der Waals surface area contributed by atoms with Crippen molar-refractivity contribution in [3.63, 3.8) is 0 Å². The third kappa shape index (κ3) is 5.22. The van der Waals surface area contributed by atoms with E-state index in [1.165, 1.54) is 63.9 Å². The molecule has 0 spiro atoms. The Bertz CT molecular complexity index is 418. The second-order valence-electron chi connectivity index (χ2n) is 7.57. The molecular weight excluding hydrogens is 282 g/mol. The Morgan fingerprint density at radius 1 is 1.26 bits per heavy atom. The summed E-state index contributed by atoms with van der Waals surface area (Å²) < 4.78 is 0. The summed E-state index contributed by atoms with van der Waals surface area (Å²) in [7, 11) is 1.93. The zero-order chi connectivity index (χ0) is 16.7. The number of hydrogen-bond donors (Lipinski definition) is 0. The van der Waals surface area contributed by atoms with Crippen LogP contribution in [0.2, 0.25) is 0 Å². The molecule has 2 aliphatic rings. The van der Waals surface area contributed by atoms with Crippen LogP contribution in [0.4, 0.5) is 0 Å². The fourth-order valence-corrected chi connectivity index (χ4v) is 4.38. The van der Waals surface area contributed by atoms with E-state index in [-0.39, 0.29) is 5.91 Å². The van der Waals surface area contributed by atoms with Gasteiger partial charge in [-0.3, -0.25) is 4.79 Å². The van der Waals surface area contributed by atoms with Gasteiger partial charge in [-0.25, -0.2) is 0 Å². The van der Waals surface area contributed by atoms with E-state index in [0.717, 1.165) is 24.7 Å². The van der Waals surface area contributed by atoms with E-state index in [2.05, 4.69) is 19.6 Å². The quantitative estimate of drug-likeness (QED) is 0.345. The van der Waals surface area contributed by atoms with Crippen molar-refractivity contribution in [3.8, 4) is 0 Å². The van der Waals surface area contributed by atoms with Gasteiger partial charge in [-0.15, -0.1) is 0 Å². The Kier molecular flexibility index (Phi) is 7.39. The van der Waals surface area contributed by atoms with Gasteiger partial charge in [0.15, 0.2) is 0 Å². The standard InChI is InChI=1S/C21H35NO/c1-4-6-7-8-17-9-11-18(12-10-17)19-13-15-20(16-14-19)22(3)21(23)5-2/h5,11,17,19-20H,2,4,6-10,12-16H2,1,3H3. The third-order valence-corrected chi connectivity index (χ3v) is 6.06. The van der Waals surface area contributed by atoms with Crippen molar-refractivity contribution in [3.05, 3.63) is 24.3 Å². The molecule has 1 unspecified atom stereocenters. The zero-order valence-corrected chi connectivity index (χ0v) is 15.2. The molecule has 0 bridgehead atoms. The number of allylic oxidation sites excluding steroid dienone is 2. The molecule has 2 rings (SSSR count). The molecule has 0 saturated heterocycles. The summed E-state index contributed by atoms with van der Waals surface area (Å²) in [4.78, 5) is 13.6. The number of unbranched alkanes of at least 4 members (excludes halogenated alkanes) is 2. The topological polar surface area (TPSA) is 20.3 Å². The SMILES string of the molecule is C=CC(=O)N(C)C1CCC(C2=CCC(CCCCC)CC2)CC1. The number of likely N-dealkylation sites (N-methyl/N-ethyl adjacent to an activating group) is 1. The number of amides is 1. The van der Waals surface area contributed by atoms with Crippen molar-refractivity contribution in [2.24, 2.45) is 11.8 Å². The van der Waals surface area contributed by atoms with Crippen LogP contribution in [0.25, 0.3) is 0 Å². The largest absolute Gasteiger partial charge is 0.339 e. The lowest BCUT2D eigenvalue weighted by Crippen LogP contribution is -2.38. The highest BCUT2D eigenvalue weighted by molar-refractivity contribution is 5.87. The monoisotopic (exact) mass is 317 g/mol. The summed E-state index contributed by atoms with van der Waals surface area (Å²) >= 11 is 0. The summed E-state index contributed by atoms with van der Waals surface area (Å²) in [6.07, 6.45) is 18.4. The molecule has 0 aromatic rings. The molecule has 0 heterocycles. The lowest BCUT2D eigenvalue weighted by molar-refractivity contribution is -0.127. The molecule has 0 radical (unpaired) electrons. The molecule has 1 fully saturated rings. The lowest BCUT2D eigenvalue weighted by Gasteiger charge is -2.36. The van der Waals surface area contributed by atoms with E-state index in [4.69, 9.17) is 0 Å². The Morgan fingerprint density at radius 2 is 2.00 bits per heavy atom. The summed E-state index contributed by atoms with van der Waals surface area (Å²) in [5.74, 6) is 1.80. The molecule has 2 heteroatoms. The summed E-state index contributed by atoms with van der Waals surface area (Å²) in [5.41, 5.74) is 1.73. The minimum atomic E-state index is 0.0697. The fraction of sp³-hybridized carbons (Fsp3) is 0.762. The average molecular weight is 318 g/mol. The van der Waals surface area contributed by atoms with E-state index < -0.39 is 0 Å². The number of carbonyl (C=O) groups excluding carboxylic acids is 1. The van der Waals surface area contributed by atoms with Gasteiger partial charge in [0.25, 0.3) is 0 Å². The lowest BCUT2D eigenvalue weighted by atomic mass is 9.75. The van der Waals surface area contributed by atoms with Crippen molar-refractivity contribution >= 4 is 5.91 Å². The maximum atomic E-state index is 11.7. The molecule has 1 amide bonds. The highest BCUT2D eigenvalue weighted by Gasteiger charge is 2.28. The van der Waals surface area contributed by atoms with E-state index in [1.807, 2.05) is 11.9 Å². The van der Waals surface area contributed by atoms with Gasteiger partial charge in [0.2, 0.25) is 5.91 Å². The van der Waals surface area contributed by atoms with Crippen LogP contribution in [-0.2, 0) is 4.79 Å². The van der Waals surface area contributed by atoms with Crippen LogP contribution in [0.5, 0.6) is 0 Å². The van der Waals surface area contributed by atoms with Crippen molar-refractivity contribution in [2.45, 2.75) is 83.6 Å². The number of rotatable bonds is 7. The molecule has 0 aliphatic heterocycles. The maximum Gasteiger partial charge on any atom is 0.245 e. The Labute approximate surface area is 143 Å². The van der Waals surface area contributed by atoms with E-state index >= 15 is 0 Å². The van der Waals surface area contributed by atoms with Gasteiger partial charge >= 0.3 is 0 Å². The van der Waals surface area contributed by atoms with Crippen LogP contribution in [-0.4, -0.2) is 23.9 Å². The van der Waals surface area contributed by atoms with Crippen LogP contribution >= 0.6 is 0 Å². The molecule has 0 aromatic heterocycles. The average Bonchev–Trinajstić information content (AvgIpc) is 2.61. The summed E-state index contributed by atoms with van der Waals surface area (Å²) in [6, 6.07) is 0.419. The first-order valence-electron chi connectivity index (χ1n) is 9.73. The molecule has 1 saturated carbocycles.